The van der Waals surface area contributed by atoms with Gasteiger partial charge in [-0.15, -0.1) is 6.58 Å². The van der Waals surface area contributed by atoms with Crippen molar-refractivity contribution in [3.8, 4) is 0 Å². The van der Waals surface area contributed by atoms with Crippen molar-refractivity contribution in [3.05, 3.63) is 25.3 Å². The summed E-state index contributed by atoms with van der Waals surface area (Å²) >= 11 is 0. The molecule has 0 aliphatic carbocycles. The summed E-state index contributed by atoms with van der Waals surface area (Å²) < 4.78 is 4.29. The Hall–Kier alpha value is -1.42. The molecule has 0 saturated carbocycles. The quantitative estimate of drug-likeness (QED) is 0.384. The first kappa shape index (κ1) is 9.67. The number of allylic oxidation sites excluding steroid dienone is 1. The number of ether oxygens (including phenoxy) is 1. The lowest BCUT2D eigenvalue weighted by molar-refractivity contribution is -0.156. The first-order valence-electron chi connectivity index (χ1n) is 3.79. The van der Waals surface area contributed by atoms with E-state index in [1.165, 1.54) is 6.08 Å². The lowest BCUT2D eigenvalue weighted by Gasteiger charge is -2.17. The summed E-state index contributed by atoms with van der Waals surface area (Å²) in [7, 11) is 0. The zero-order valence-corrected chi connectivity index (χ0v) is 7.03. The van der Waals surface area contributed by atoms with Crippen molar-refractivity contribution >= 4 is 11.9 Å². The van der Waals surface area contributed by atoms with E-state index in [2.05, 4.69) is 17.9 Å². The average Bonchev–Trinajstić information content (AvgIpc) is 2.31. The van der Waals surface area contributed by atoms with Gasteiger partial charge in [-0.1, -0.05) is 12.7 Å². The summed E-state index contributed by atoms with van der Waals surface area (Å²) in [5.41, 5.74) is -1.88. The minimum absolute atomic E-state index is 0.188. The van der Waals surface area contributed by atoms with Crippen molar-refractivity contribution in [2.45, 2.75) is 12.0 Å². The van der Waals surface area contributed by atoms with Crippen LogP contribution in [0, 0.1) is 5.92 Å². The van der Waals surface area contributed by atoms with Gasteiger partial charge in [0.1, 0.15) is 5.92 Å². The van der Waals surface area contributed by atoms with Crippen LogP contribution < -0.4 is 0 Å². The SMILES string of the molecule is C=CCC1C(=O)OC(=O)C1(O)C=C. The van der Waals surface area contributed by atoms with Gasteiger partial charge in [-0.3, -0.25) is 4.79 Å². The van der Waals surface area contributed by atoms with E-state index in [0.717, 1.165) is 6.08 Å². The first-order valence-corrected chi connectivity index (χ1v) is 3.79. The van der Waals surface area contributed by atoms with Crippen LogP contribution in [-0.2, 0) is 14.3 Å². The van der Waals surface area contributed by atoms with E-state index in [9.17, 15) is 14.7 Å². The Morgan fingerprint density at radius 2 is 2.15 bits per heavy atom. The van der Waals surface area contributed by atoms with Crippen LogP contribution in [0.3, 0.4) is 0 Å². The Balaban J connectivity index is 3.02. The van der Waals surface area contributed by atoms with Crippen LogP contribution in [-0.4, -0.2) is 22.6 Å². The second-order valence-electron chi connectivity index (χ2n) is 2.81. The molecule has 4 nitrogen and oxygen atoms in total. The van der Waals surface area contributed by atoms with Crippen molar-refractivity contribution in [2.24, 2.45) is 5.92 Å². The molecular weight excluding hydrogens is 172 g/mol. The molecule has 1 rings (SSSR count). The van der Waals surface area contributed by atoms with Gasteiger partial charge < -0.3 is 9.84 Å². The molecule has 1 N–H and O–H groups in total. The van der Waals surface area contributed by atoms with E-state index in [1.54, 1.807) is 0 Å². The maximum atomic E-state index is 11.1. The number of hydrogen-bond acceptors (Lipinski definition) is 4. The van der Waals surface area contributed by atoms with Gasteiger partial charge in [-0.05, 0) is 12.5 Å². The van der Waals surface area contributed by atoms with Gasteiger partial charge in [0.2, 0.25) is 0 Å². The van der Waals surface area contributed by atoms with E-state index in [0.29, 0.717) is 0 Å². The average molecular weight is 182 g/mol. The second kappa shape index (κ2) is 3.14. The molecule has 2 unspecified atom stereocenters. The highest BCUT2D eigenvalue weighted by atomic mass is 16.6. The van der Waals surface area contributed by atoms with Crippen LogP contribution in [0.4, 0.5) is 0 Å². The summed E-state index contributed by atoms with van der Waals surface area (Å²) in [6.07, 6.45) is 2.65. The third kappa shape index (κ3) is 1.29. The fourth-order valence-electron chi connectivity index (χ4n) is 1.23. The lowest BCUT2D eigenvalue weighted by Crippen LogP contribution is -2.38. The van der Waals surface area contributed by atoms with Crippen LogP contribution in [0.5, 0.6) is 0 Å². The molecule has 0 aromatic carbocycles. The molecule has 70 valence electrons. The van der Waals surface area contributed by atoms with Crippen LogP contribution in [0.2, 0.25) is 0 Å². The molecule has 0 spiro atoms. The van der Waals surface area contributed by atoms with Gasteiger partial charge in [-0.25, -0.2) is 4.79 Å². The van der Waals surface area contributed by atoms with E-state index in [-0.39, 0.29) is 6.42 Å². The van der Waals surface area contributed by atoms with E-state index < -0.39 is 23.5 Å². The van der Waals surface area contributed by atoms with Gasteiger partial charge >= 0.3 is 11.9 Å². The maximum absolute atomic E-state index is 11.1. The predicted molar refractivity (Wildman–Crippen MR) is 44.5 cm³/mol. The van der Waals surface area contributed by atoms with Crippen molar-refractivity contribution in [1.82, 2.24) is 0 Å². The molecule has 0 bridgehead atoms. The van der Waals surface area contributed by atoms with Gasteiger partial charge in [0.05, 0.1) is 0 Å². The highest BCUT2D eigenvalue weighted by molar-refractivity contribution is 6.02. The molecule has 0 amide bonds. The summed E-state index contributed by atoms with van der Waals surface area (Å²) in [6, 6.07) is 0. The number of esters is 2. The molecule has 1 saturated heterocycles. The summed E-state index contributed by atoms with van der Waals surface area (Å²) in [5.74, 6) is -2.60. The molecule has 1 fully saturated rings. The minimum atomic E-state index is -1.88. The molecule has 0 radical (unpaired) electrons. The van der Waals surface area contributed by atoms with E-state index in [4.69, 9.17) is 0 Å². The molecule has 1 heterocycles. The van der Waals surface area contributed by atoms with Crippen molar-refractivity contribution in [2.75, 3.05) is 0 Å². The Morgan fingerprint density at radius 3 is 2.62 bits per heavy atom. The van der Waals surface area contributed by atoms with Gasteiger partial charge in [0.15, 0.2) is 5.60 Å². The summed E-state index contributed by atoms with van der Waals surface area (Å²) in [5, 5.41) is 9.67. The van der Waals surface area contributed by atoms with Crippen LogP contribution in [0.25, 0.3) is 0 Å². The standard InChI is InChI=1S/C9H10O4/c1-3-5-6-7(10)13-8(11)9(6,12)4-2/h3-4,6,12H,1-2,5H2. The number of cyclic esters (lactones) is 2. The number of aliphatic hydroxyl groups is 1. The smallest absolute Gasteiger partial charge is 0.350 e. The van der Waals surface area contributed by atoms with Crippen molar-refractivity contribution in [1.29, 1.82) is 0 Å². The van der Waals surface area contributed by atoms with E-state index in [1.807, 2.05) is 0 Å². The number of hydrogen-bond donors (Lipinski definition) is 1. The minimum Gasteiger partial charge on any atom is -0.390 e. The third-order valence-electron chi connectivity index (χ3n) is 2.05. The second-order valence-corrected chi connectivity index (χ2v) is 2.81. The van der Waals surface area contributed by atoms with Crippen molar-refractivity contribution < 1.29 is 19.4 Å². The van der Waals surface area contributed by atoms with Crippen LogP contribution >= 0.6 is 0 Å². The monoisotopic (exact) mass is 182 g/mol. The Bertz CT molecular complexity index is 281. The molecule has 2 atom stereocenters. The lowest BCUT2D eigenvalue weighted by atomic mass is 9.87. The summed E-state index contributed by atoms with van der Waals surface area (Å²) in [6.45, 7) is 6.71. The molecule has 4 heteroatoms. The molecule has 13 heavy (non-hydrogen) atoms. The Kier molecular flexibility index (Phi) is 2.34. The van der Waals surface area contributed by atoms with Gasteiger partial charge in [-0.2, -0.15) is 0 Å². The number of carbonyl (C=O) groups excluding carboxylic acids is 2. The molecule has 1 aliphatic heterocycles. The molecule has 0 aromatic heterocycles. The first-order chi connectivity index (χ1) is 6.06. The number of carbonyl (C=O) groups is 2. The third-order valence-corrected chi connectivity index (χ3v) is 2.05. The zero-order chi connectivity index (χ0) is 10.1. The molecular formula is C9H10O4. The zero-order valence-electron chi connectivity index (χ0n) is 7.03. The summed E-state index contributed by atoms with van der Waals surface area (Å²) in [4.78, 5) is 22.1. The fourth-order valence-corrected chi connectivity index (χ4v) is 1.23. The maximum Gasteiger partial charge on any atom is 0.350 e. The van der Waals surface area contributed by atoms with E-state index >= 15 is 0 Å². The van der Waals surface area contributed by atoms with Crippen LogP contribution in [0.1, 0.15) is 6.42 Å². The normalized spacial score (nSPS) is 32.8. The van der Waals surface area contributed by atoms with Gasteiger partial charge in [0, 0.05) is 0 Å². The van der Waals surface area contributed by atoms with Gasteiger partial charge in [0.25, 0.3) is 0 Å². The largest absolute Gasteiger partial charge is 0.390 e. The van der Waals surface area contributed by atoms with Crippen molar-refractivity contribution in [3.63, 3.8) is 0 Å². The molecule has 0 aromatic rings. The fraction of sp³-hybridized carbons (Fsp3) is 0.333. The number of rotatable bonds is 3. The van der Waals surface area contributed by atoms with Crippen LogP contribution in [0.15, 0.2) is 25.3 Å². The molecule has 1 aliphatic rings. The Labute approximate surface area is 75.5 Å². The predicted octanol–water partition coefficient (Wildman–Crippen LogP) is 0.179. The Morgan fingerprint density at radius 1 is 1.54 bits per heavy atom. The highest BCUT2D eigenvalue weighted by Gasteiger charge is 2.54. The highest BCUT2D eigenvalue weighted by Crippen LogP contribution is 2.31. The topological polar surface area (TPSA) is 63.6 Å².